The molecule has 2 aromatic heterocycles. The predicted molar refractivity (Wildman–Crippen MR) is 86.8 cm³/mol. The quantitative estimate of drug-likeness (QED) is 0.920. The number of hydrogen-bond donors (Lipinski definition) is 1. The summed E-state index contributed by atoms with van der Waals surface area (Å²) in [5.74, 6) is -0.133. The van der Waals surface area contributed by atoms with Crippen molar-refractivity contribution >= 4 is 11.8 Å². The van der Waals surface area contributed by atoms with E-state index in [1.165, 1.54) is 6.92 Å². The minimum Gasteiger partial charge on any atom is -0.351 e. The van der Waals surface area contributed by atoms with Crippen LogP contribution in [0.3, 0.4) is 0 Å². The Hall–Kier alpha value is -2.83. The predicted octanol–water partition coefficient (Wildman–Crippen LogP) is 1.48. The van der Waals surface area contributed by atoms with Gasteiger partial charge in [-0.3, -0.25) is 24.5 Å². The van der Waals surface area contributed by atoms with E-state index in [9.17, 15) is 9.59 Å². The Balaban J connectivity index is 1.79. The third-order valence-electron chi connectivity index (χ3n) is 4.00. The normalized spacial score (nSPS) is 16.9. The molecule has 0 aliphatic carbocycles. The first kappa shape index (κ1) is 16.0. The molecular weight excluding hydrogens is 306 g/mol. The van der Waals surface area contributed by atoms with Crippen LogP contribution in [0.5, 0.6) is 0 Å². The molecule has 0 radical (unpaired) electrons. The summed E-state index contributed by atoms with van der Waals surface area (Å²) in [5.41, 5.74) is 2.07. The average Bonchev–Trinajstić information content (AvgIpc) is 3.10. The number of carbonyl (C=O) groups excluding carboxylic acids is 2. The van der Waals surface area contributed by atoms with Crippen LogP contribution in [0.2, 0.25) is 0 Å². The molecule has 1 fully saturated rings. The van der Waals surface area contributed by atoms with E-state index in [0.29, 0.717) is 24.3 Å². The second-order valence-electron chi connectivity index (χ2n) is 5.74. The standard InChI is InChI=1S/C17H19N5O2/c1-12(23)20-10-14-9-19-11-15(21-14)16-3-2-8-22(16)17(24)13-4-6-18-7-5-13/h4-7,9,11,16H,2-3,8,10H2,1H3,(H,20,23)/t16-/m0/s1. The number of amides is 2. The molecule has 3 rings (SSSR count). The summed E-state index contributed by atoms with van der Waals surface area (Å²) in [6.07, 6.45) is 8.34. The fourth-order valence-corrected chi connectivity index (χ4v) is 2.86. The van der Waals surface area contributed by atoms with Crippen molar-refractivity contribution in [2.75, 3.05) is 6.54 Å². The van der Waals surface area contributed by atoms with Crippen molar-refractivity contribution in [2.45, 2.75) is 32.4 Å². The molecule has 1 saturated heterocycles. The van der Waals surface area contributed by atoms with Crippen LogP contribution >= 0.6 is 0 Å². The third-order valence-corrected chi connectivity index (χ3v) is 4.00. The lowest BCUT2D eigenvalue weighted by Crippen LogP contribution is -2.31. The van der Waals surface area contributed by atoms with Crippen molar-refractivity contribution in [3.63, 3.8) is 0 Å². The minimum absolute atomic E-state index is 0.0195. The van der Waals surface area contributed by atoms with Gasteiger partial charge in [0, 0.05) is 31.4 Å². The fourth-order valence-electron chi connectivity index (χ4n) is 2.86. The van der Waals surface area contributed by atoms with Gasteiger partial charge in [-0.2, -0.15) is 0 Å². The lowest BCUT2D eigenvalue weighted by Gasteiger charge is -2.24. The average molecular weight is 325 g/mol. The first-order valence-corrected chi connectivity index (χ1v) is 7.91. The zero-order chi connectivity index (χ0) is 16.9. The number of hydrogen-bond acceptors (Lipinski definition) is 5. The zero-order valence-electron chi connectivity index (χ0n) is 13.5. The molecule has 3 heterocycles. The van der Waals surface area contributed by atoms with Crippen LogP contribution in [0.15, 0.2) is 36.9 Å². The van der Waals surface area contributed by atoms with E-state index in [1.807, 2.05) is 4.90 Å². The second kappa shape index (κ2) is 7.16. The molecule has 1 atom stereocenters. The molecule has 0 aromatic carbocycles. The molecule has 7 heteroatoms. The molecule has 2 aromatic rings. The maximum absolute atomic E-state index is 12.7. The molecular formula is C17H19N5O2. The van der Waals surface area contributed by atoms with E-state index in [-0.39, 0.29) is 17.9 Å². The number of aromatic nitrogens is 3. The Labute approximate surface area is 140 Å². The molecule has 0 saturated carbocycles. The molecule has 1 N–H and O–H groups in total. The Kier molecular flexibility index (Phi) is 4.79. The largest absolute Gasteiger partial charge is 0.351 e. The highest BCUT2D eigenvalue weighted by molar-refractivity contribution is 5.94. The van der Waals surface area contributed by atoms with Gasteiger partial charge in [0.2, 0.25) is 5.91 Å². The maximum atomic E-state index is 12.7. The number of nitrogens with zero attached hydrogens (tertiary/aromatic N) is 4. The number of pyridine rings is 1. The topological polar surface area (TPSA) is 88.1 Å². The van der Waals surface area contributed by atoms with Crippen LogP contribution in [0, 0.1) is 0 Å². The van der Waals surface area contributed by atoms with Crippen molar-refractivity contribution in [3.05, 3.63) is 53.9 Å². The van der Waals surface area contributed by atoms with Gasteiger partial charge in [-0.1, -0.05) is 0 Å². The van der Waals surface area contributed by atoms with Gasteiger partial charge in [0.25, 0.3) is 5.91 Å². The van der Waals surface area contributed by atoms with E-state index in [4.69, 9.17) is 0 Å². The van der Waals surface area contributed by atoms with E-state index in [2.05, 4.69) is 20.3 Å². The highest BCUT2D eigenvalue weighted by Gasteiger charge is 2.31. The summed E-state index contributed by atoms with van der Waals surface area (Å²) in [5, 5.41) is 2.71. The van der Waals surface area contributed by atoms with Crippen LogP contribution in [0.1, 0.15) is 47.6 Å². The first-order chi connectivity index (χ1) is 11.6. The number of nitrogens with one attached hydrogen (secondary N) is 1. The van der Waals surface area contributed by atoms with Gasteiger partial charge in [-0.15, -0.1) is 0 Å². The SMILES string of the molecule is CC(=O)NCc1cncc([C@@H]2CCCN2C(=O)c2ccncc2)n1. The summed E-state index contributed by atoms with van der Waals surface area (Å²) in [7, 11) is 0. The highest BCUT2D eigenvalue weighted by Crippen LogP contribution is 2.31. The Bertz CT molecular complexity index is 735. The van der Waals surface area contributed by atoms with Crippen LogP contribution in [0.25, 0.3) is 0 Å². The van der Waals surface area contributed by atoms with E-state index in [0.717, 1.165) is 18.5 Å². The Morgan fingerprint density at radius 2 is 2.04 bits per heavy atom. The number of likely N-dealkylation sites (tertiary alicyclic amines) is 1. The molecule has 7 nitrogen and oxygen atoms in total. The lowest BCUT2D eigenvalue weighted by atomic mass is 10.1. The maximum Gasteiger partial charge on any atom is 0.254 e. The molecule has 1 aliphatic heterocycles. The van der Waals surface area contributed by atoms with Crippen LogP contribution < -0.4 is 5.32 Å². The lowest BCUT2D eigenvalue weighted by molar-refractivity contribution is -0.119. The minimum atomic E-state index is -0.113. The summed E-state index contributed by atoms with van der Waals surface area (Å²) in [6, 6.07) is 3.35. The van der Waals surface area contributed by atoms with Gasteiger partial charge in [0.1, 0.15) is 0 Å². The molecule has 124 valence electrons. The summed E-state index contributed by atoms with van der Waals surface area (Å²) < 4.78 is 0. The van der Waals surface area contributed by atoms with Crippen LogP contribution in [-0.4, -0.2) is 38.2 Å². The van der Waals surface area contributed by atoms with Crippen LogP contribution in [0.4, 0.5) is 0 Å². The fraction of sp³-hybridized carbons (Fsp3) is 0.353. The monoisotopic (exact) mass is 325 g/mol. The van der Waals surface area contributed by atoms with E-state index < -0.39 is 0 Å². The first-order valence-electron chi connectivity index (χ1n) is 7.91. The Morgan fingerprint density at radius 3 is 2.79 bits per heavy atom. The summed E-state index contributed by atoms with van der Waals surface area (Å²) in [6.45, 7) is 2.49. The van der Waals surface area contributed by atoms with Crippen molar-refractivity contribution in [1.29, 1.82) is 0 Å². The van der Waals surface area contributed by atoms with Crippen molar-refractivity contribution < 1.29 is 9.59 Å². The van der Waals surface area contributed by atoms with Crippen molar-refractivity contribution in [2.24, 2.45) is 0 Å². The molecule has 2 amide bonds. The van der Waals surface area contributed by atoms with E-state index >= 15 is 0 Å². The smallest absolute Gasteiger partial charge is 0.254 e. The van der Waals surface area contributed by atoms with Gasteiger partial charge in [-0.25, -0.2) is 0 Å². The van der Waals surface area contributed by atoms with E-state index in [1.54, 1.807) is 36.9 Å². The molecule has 0 unspecified atom stereocenters. The number of rotatable bonds is 4. The molecule has 24 heavy (non-hydrogen) atoms. The van der Waals surface area contributed by atoms with Gasteiger partial charge in [0.15, 0.2) is 0 Å². The molecule has 0 spiro atoms. The third kappa shape index (κ3) is 3.56. The molecule has 1 aliphatic rings. The highest BCUT2D eigenvalue weighted by atomic mass is 16.2. The molecule has 0 bridgehead atoms. The Morgan fingerprint density at radius 1 is 1.25 bits per heavy atom. The number of carbonyl (C=O) groups is 2. The van der Waals surface area contributed by atoms with Gasteiger partial charge >= 0.3 is 0 Å². The second-order valence-corrected chi connectivity index (χ2v) is 5.74. The van der Waals surface area contributed by atoms with Gasteiger partial charge < -0.3 is 10.2 Å². The van der Waals surface area contributed by atoms with Crippen molar-refractivity contribution in [1.82, 2.24) is 25.2 Å². The van der Waals surface area contributed by atoms with Crippen LogP contribution in [-0.2, 0) is 11.3 Å². The summed E-state index contributed by atoms with van der Waals surface area (Å²) >= 11 is 0. The van der Waals surface area contributed by atoms with Gasteiger partial charge in [0.05, 0.1) is 36.4 Å². The van der Waals surface area contributed by atoms with Gasteiger partial charge in [-0.05, 0) is 25.0 Å². The van der Waals surface area contributed by atoms with Crippen molar-refractivity contribution in [3.8, 4) is 0 Å². The zero-order valence-corrected chi connectivity index (χ0v) is 13.5. The summed E-state index contributed by atoms with van der Waals surface area (Å²) in [4.78, 5) is 38.3.